The molecule has 0 saturated heterocycles. The van der Waals surface area contributed by atoms with Crippen LogP contribution >= 0.6 is 0 Å². The summed E-state index contributed by atoms with van der Waals surface area (Å²) in [5.74, 6) is 0. The van der Waals surface area contributed by atoms with E-state index in [0.717, 1.165) is 13.1 Å². The molecule has 0 saturated carbocycles. The minimum absolute atomic E-state index is 0.409. The average molecular weight is 290 g/mol. The van der Waals surface area contributed by atoms with Gasteiger partial charge in [-0.25, -0.2) is 0 Å². The molecule has 2 heteroatoms. The number of rotatable bonds is 7. The van der Waals surface area contributed by atoms with Crippen molar-refractivity contribution in [3.63, 3.8) is 0 Å². The zero-order chi connectivity index (χ0) is 16.2. The molecule has 0 bridgehead atoms. The van der Waals surface area contributed by atoms with Crippen molar-refractivity contribution >= 4 is 0 Å². The summed E-state index contributed by atoms with van der Waals surface area (Å²) in [5.41, 5.74) is 5.61. The fourth-order valence-electron chi connectivity index (χ4n) is 3.50. The van der Waals surface area contributed by atoms with Crippen molar-refractivity contribution in [2.24, 2.45) is 0 Å². The molecule has 1 aromatic carbocycles. The van der Waals surface area contributed by atoms with E-state index in [1.807, 2.05) is 0 Å². The summed E-state index contributed by atoms with van der Waals surface area (Å²) in [6.07, 6.45) is 0. The van der Waals surface area contributed by atoms with Gasteiger partial charge in [0.2, 0.25) is 0 Å². The van der Waals surface area contributed by atoms with Crippen LogP contribution < -0.4 is 5.32 Å². The number of nitrogens with zero attached hydrogens (tertiary/aromatic N) is 1. The molecular weight excluding hydrogens is 256 g/mol. The zero-order valence-electron chi connectivity index (χ0n) is 15.2. The van der Waals surface area contributed by atoms with Crippen LogP contribution in [0.1, 0.15) is 62.9 Å². The molecule has 0 radical (unpaired) electrons. The molecule has 0 aromatic heterocycles. The van der Waals surface area contributed by atoms with Crippen LogP contribution in [0.25, 0.3) is 0 Å². The Morgan fingerprint density at radius 2 is 1.38 bits per heavy atom. The van der Waals surface area contributed by atoms with Gasteiger partial charge < -0.3 is 5.32 Å². The maximum absolute atomic E-state index is 3.70. The summed E-state index contributed by atoms with van der Waals surface area (Å²) >= 11 is 0. The van der Waals surface area contributed by atoms with Crippen LogP contribution in [0, 0.1) is 20.8 Å². The predicted octanol–water partition coefficient (Wildman–Crippen LogP) is 4.38. The van der Waals surface area contributed by atoms with Gasteiger partial charge in [-0.1, -0.05) is 17.7 Å². The van der Waals surface area contributed by atoms with Crippen LogP contribution in [-0.2, 0) is 0 Å². The summed E-state index contributed by atoms with van der Waals surface area (Å²) in [4.78, 5) is 2.54. The Morgan fingerprint density at radius 1 is 0.905 bits per heavy atom. The molecule has 0 heterocycles. The standard InChI is InChI=1S/C19H34N2/c1-13(2)21(14(3)4)10-9-20-18(8)19-16(6)11-15(5)12-17(19)7/h11-14,18,20H,9-10H2,1-8H3. The lowest BCUT2D eigenvalue weighted by atomic mass is 9.95. The molecule has 2 nitrogen and oxygen atoms in total. The summed E-state index contributed by atoms with van der Waals surface area (Å²) in [6.45, 7) is 20.1. The third-order valence-electron chi connectivity index (χ3n) is 4.32. The Morgan fingerprint density at radius 3 is 1.81 bits per heavy atom. The molecule has 1 aromatic rings. The van der Waals surface area contributed by atoms with E-state index in [2.05, 4.69) is 77.7 Å². The molecule has 1 rings (SSSR count). The van der Waals surface area contributed by atoms with Gasteiger partial charge in [-0.15, -0.1) is 0 Å². The molecule has 21 heavy (non-hydrogen) atoms. The molecule has 0 amide bonds. The third-order valence-corrected chi connectivity index (χ3v) is 4.32. The molecule has 120 valence electrons. The van der Waals surface area contributed by atoms with Crippen LogP contribution in [0.2, 0.25) is 0 Å². The van der Waals surface area contributed by atoms with E-state index in [9.17, 15) is 0 Å². The second-order valence-corrected chi connectivity index (χ2v) is 6.91. The van der Waals surface area contributed by atoms with Gasteiger partial charge in [0.05, 0.1) is 0 Å². The van der Waals surface area contributed by atoms with Gasteiger partial charge in [0, 0.05) is 31.2 Å². The first kappa shape index (κ1) is 18.2. The van der Waals surface area contributed by atoms with Crippen molar-refractivity contribution in [2.75, 3.05) is 13.1 Å². The number of hydrogen-bond donors (Lipinski definition) is 1. The molecule has 0 aliphatic carbocycles. The molecule has 0 aliphatic heterocycles. The largest absolute Gasteiger partial charge is 0.309 e. The Balaban J connectivity index is 2.64. The van der Waals surface area contributed by atoms with Crippen LogP contribution in [0.4, 0.5) is 0 Å². The summed E-state index contributed by atoms with van der Waals surface area (Å²) < 4.78 is 0. The monoisotopic (exact) mass is 290 g/mol. The Kier molecular flexibility index (Phi) is 6.89. The minimum atomic E-state index is 0.409. The van der Waals surface area contributed by atoms with Crippen LogP contribution in [0.3, 0.4) is 0 Å². The molecule has 1 N–H and O–H groups in total. The summed E-state index contributed by atoms with van der Waals surface area (Å²) in [5, 5.41) is 3.70. The highest BCUT2D eigenvalue weighted by atomic mass is 15.2. The van der Waals surface area contributed by atoms with E-state index in [4.69, 9.17) is 0 Å². The molecular formula is C19H34N2. The van der Waals surface area contributed by atoms with Gasteiger partial charge in [-0.05, 0) is 72.1 Å². The molecule has 0 spiro atoms. The van der Waals surface area contributed by atoms with Gasteiger partial charge >= 0.3 is 0 Å². The van der Waals surface area contributed by atoms with Crippen molar-refractivity contribution in [2.45, 2.75) is 73.5 Å². The van der Waals surface area contributed by atoms with Crippen molar-refractivity contribution in [3.05, 3.63) is 34.4 Å². The highest BCUT2D eigenvalue weighted by molar-refractivity contribution is 5.39. The third kappa shape index (κ3) is 5.12. The Hall–Kier alpha value is -0.860. The zero-order valence-corrected chi connectivity index (χ0v) is 15.2. The van der Waals surface area contributed by atoms with E-state index in [1.165, 1.54) is 22.3 Å². The highest BCUT2D eigenvalue weighted by Gasteiger charge is 2.15. The van der Waals surface area contributed by atoms with E-state index in [0.29, 0.717) is 18.1 Å². The molecule has 0 aliphatic rings. The first-order valence-corrected chi connectivity index (χ1v) is 8.30. The van der Waals surface area contributed by atoms with Crippen molar-refractivity contribution in [1.82, 2.24) is 10.2 Å². The van der Waals surface area contributed by atoms with Gasteiger partial charge in [0.1, 0.15) is 0 Å². The van der Waals surface area contributed by atoms with Crippen LogP contribution in [0.15, 0.2) is 12.1 Å². The first-order valence-electron chi connectivity index (χ1n) is 8.30. The smallest absolute Gasteiger partial charge is 0.0297 e. The van der Waals surface area contributed by atoms with Crippen LogP contribution in [0.5, 0.6) is 0 Å². The topological polar surface area (TPSA) is 15.3 Å². The number of nitrogens with one attached hydrogen (secondary N) is 1. The lowest BCUT2D eigenvalue weighted by molar-refractivity contribution is 0.174. The molecule has 1 atom stereocenters. The number of benzene rings is 1. The number of hydrogen-bond acceptors (Lipinski definition) is 2. The maximum atomic E-state index is 3.70. The van der Waals surface area contributed by atoms with Crippen molar-refractivity contribution in [3.8, 4) is 0 Å². The van der Waals surface area contributed by atoms with Gasteiger partial charge in [-0.2, -0.15) is 0 Å². The lowest BCUT2D eigenvalue weighted by Gasteiger charge is -2.31. The molecule has 1 unspecified atom stereocenters. The van der Waals surface area contributed by atoms with Gasteiger partial charge in [0.25, 0.3) is 0 Å². The van der Waals surface area contributed by atoms with Crippen molar-refractivity contribution in [1.29, 1.82) is 0 Å². The minimum Gasteiger partial charge on any atom is -0.309 e. The maximum Gasteiger partial charge on any atom is 0.0297 e. The lowest BCUT2D eigenvalue weighted by Crippen LogP contribution is -2.41. The van der Waals surface area contributed by atoms with Gasteiger partial charge in [0.15, 0.2) is 0 Å². The fourth-order valence-corrected chi connectivity index (χ4v) is 3.50. The van der Waals surface area contributed by atoms with Crippen LogP contribution in [-0.4, -0.2) is 30.1 Å². The average Bonchev–Trinajstić information content (AvgIpc) is 2.32. The van der Waals surface area contributed by atoms with E-state index in [-0.39, 0.29) is 0 Å². The van der Waals surface area contributed by atoms with Gasteiger partial charge in [-0.3, -0.25) is 4.90 Å². The fraction of sp³-hybridized carbons (Fsp3) is 0.684. The quantitative estimate of drug-likeness (QED) is 0.801. The number of aryl methyl sites for hydroxylation is 3. The summed E-state index contributed by atoms with van der Waals surface area (Å²) in [6, 6.07) is 6.19. The first-order chi connectivity index (χ1) is 9.73. The highest BCUT2D eigenvalue weighted by Crippen LogP contribution is 2.23. The normalized spacial score (nSPS) is 13.5. The van der Waals surface area contributed by atoms with E-state index >= 15 is 0 Å². The summed E-state index contributed by atoms with van der Waals surface area (Å²) in [7, 11) is 0. The SMILES string of the molecule is Cc1cc(C)c(C(C)NCCN(C(C)C)C(C)C)c(C)c1. The predicted molar refractivity (Wildman–Crippen MR) is 94.0 cm³/mol. The second kappa shape index (κ2) is 7.95. The van der Waals surface area contributed by atoms with E-state index in [1.54, 1.807) is 0 Å². The second-order valence-electron chi connectivity index (χ2n) is 6.91. The van der Waals surface area contributed by atoms with Crippen molar-refractivity contribution < 1.29 is 0 Å². The van der Waals surface area contributed by atoms with E-state index < -0.39 is 0 Å². The Bertz CT molecular complexity index is 418. The molecule has 0 fully saturated rings. The Labute approximate surface area is 131 Å².